The maximum Gasteiger partial charge on any atom is 0.349 e. The van der Waals surface area contributed by atoms with Crippen LogP contribution in [0.4, 0.5) is 11.4 Å². The van der Waals surface area contributed by atoms with Crippen LogP contribution >= 0.6 is 0 Å². The number of nitro groups is 2. The van der Waals surface area contributed by atoms with Gasteiger partial charge in [-0.2, -0.15) is 0 Å². The van der Waals surface area contributed by atoms with Crippen LogP contribution in [0.15, 0.2) is 18.2 Å². The van der Waals surface area contributed by atoms with E-state index in [2.05, 4.69) is 0 Å². The number of benzene rings is 1. The Bertz CT molecular complexity index is 431. The molecule has 1 aromatic rings. The summed E-state index contributed by atoms with van der Waals surface area (Å²) in [7, 11) is 0. The van der Waals surface area contributed by atoms with Crippen LogP contribution in [-0.2, 0) is 0 Å². The fourth-order valence-corrected chi connectivity index (χ4v) is 1.51. The second-order valence-corrected chi connectivity index (χ2v) is 3.54. The first-order chi connectivity index (χ1) is 7.49. The van der Waals surface area contributed by atoms with E-state index in [-0.39, 0.29) is 11.6 Å². The van der Waals surface area contributed by atoms with Crippen molar-refractivity contribution in [2.75, 3.05) is 0 Å². The third-order valence-electron chi connectivity index (χ3n) is 2.57. The molecule has 0 saturated carbocycles. The van der Waals surface area contributed by atoms with Crippen molar-refractivity contribution in [1.82, 2.24) is 0 Å². The molecule has 1 unspecified atom stereocenters. The van der Waals surface area contributed by atoms with Crippen LogP contribution in [0.5, 0.6) is 0 Å². The van der Waals surface area contributed by atoms with Gasteiger partial charge in [0.2, 0.25) is 0 Å². The minimum absolute atomic E-state index is 0.0692. The minimum atomic E-state index is -0.718. The molecule has 0 radical (unpaired) electrons. The Hall–Kier alpha value is -1.98. The molecule has 0 fully saturated rings. The summed E-state index contributed by atoms with van der Waals surface area (Å²) in [5, 5.41) is 21.6. The van der Waals surface area contributed by atoms with E-state index in [1.54, 1.807) is 6.07 Å². The largest absolute Gasteiger partial charge is 0.349 e. The first-order valence-corrected chi connectivity index (χ1v) is 4.90. The Morgan fingerprint density at radius 1 is 1.25 bits per heavy atom. The van der Waals surface area contributed by atoms with E-state index in [9.17, 15) is 20.2 Å². The first-order valence-electron chi connectivity index (χ1n) is 4.90. The zero-order valence-corrected chi connectivity index (χ0v) is 9.04. The normalized spacial score (nSPS) is 12.1. The molecule has 0 bridgehead atoms. The van der Waals surface area contributed by atoms with Crippen LogP contribution in [0.3, 0.4) is 0 Å². The van der Waals surface area contributed by atoms with Crippen LogP contribution in [0.25, 0.3) is 0 Å². The molecule has 86 valence electrons. The average molecular weight is 224 g/mol. The van der Waals surface area contributed by atoms with Gasteiger partial charge in [0.25, 0.3) is 0 Å². The van der Waals surface area contributed by atoms with Crippen molar-refractivity contribution in [3.8, 4) is 0 Å². The summed E-state index contributed by atoms with van der Waals surface area (Å²) in [6.45, 7) is 3.69. The van der Waals surface area contributed by atoms with Gasteiger partial charge >= 0.3 is 11.4 Å². The van der Waals surface area contributed by atoms with Gasteiger partial charge in [0, 0.05) is 11.6 Å². The molecule has 0 aliphatic heterocycles. The van der Waals surface area contributed by atoms with Gasteiger partial charge in [-0.25, -0.2) is 0 Å². The highest BCUT2D eigenvalue weighted by molar-refractivity contribution is 5.58. The molecule has 0 amide bonds. The van der Waals surface area contributed by atoms with E-state index in [4.69, 9.17) is 0 Å². The zero-order chi connectivity index (χ0) is 12.3. The Labute approximate surface area is 92.2 Å². The Morgan fingerprint density at radius 2 is 1.88 bits per heavy atom. The van der Waals surface area contributed by atoms with Crippen LogP contribution in [0, 0.1) is 20.2 Å². The van der Waals surface area contributed by atoms with Gasteiger partial charge in [-0.1, -0.05) is 26.0 Å². The number of nitrogens with zero attached hydrogens (tertiary/aromatic N) is 2. The standard InChI is InChI=1S/C10H12N2O4/c1-3-7(2)8-5-4-6-9(11(13)14)10(8)12(15)16/h4-7H,3H2,1-2H3. The van der Waals surface area contributed by atoms with Crippen molar-refractivity contribution in [2.24, 2.45) is 0 Å². The quantitative estimate of drug-likeness (QED) is 0.581. The van der Waals surface area contributed by atoms with Gasteiger partial charge in [0.15, 0.2) is 0 Å². The molecule has 6 nitrogen and oxygen atoms in total. The summed E-state index contributed by atoms with van der Waals surface area (Å²) in [5.74, 6) is -0.0692. The topological polar surface area (TPSA) is 86.3 Å². The van der Waals surface area contributed by atoms with Crippen molar-refractivity contribution in [2.45, 2.75) is 26.2 Å². The lowest BCUT2D eigenvalue weighted by molar-refractivity contribution is -0.423. The average Bonchev–Trinajstić information content (AvgIpc) is 2.26. The fraction of sp³-hybridized carbons (Fsp3) is 0.400. The van der Waals surface area contributed by atoms with Crippen LogP contribution in [-0.4, -0.2) is 9.85 Å². The van der Waals surface area contributed by atoms with E-state index in [0.29, 0.717) is 12.0 Å². The predicted molar refractivity (Wildman–Crippen MR) is 58.5 cm³/mol. The molecule has 1 aromatic carbocycles. The number of para-hydroxylation sites is 1. The van der Waals surface area contributed by atoms with Crippen molar-refractivity contribution >= 4 is 11.4 Å². The van der Waals surface area contributed by atoms with Gasteiger partial charge < -0.3 is 0 Å². The number of rotatable bonds is 4. The van der Waals surface area contributed by atoms with Gasteiger partial charge in [0.1, 0.15) is 0 Å². The van der Waals surface area contributed by atoms with Gasteiger partial charge in [0.05, 0.1) is 9.85 Å². The van der Waals surface area contributed by atoms with Gasteiger partial charge in [-0.05, 0) is 12.3 Å². The molecule has 1 rings (SSSR count). The molecule has 6 heteroatoms. The van der Waals surface area contributed by atoms with E-state index in [1.165, 1.54) is 6.07 Å². The lowest BCUT2D eigenvalue weighted by Crippen LogP contribution is -2.03. The maximum absolute atomic E-state index is 10.9. The van der Waals surface area contributed by atoms with E-state index >= 15 is 0 Å². The molecule has 0 aromatic heterocycles. The Balaban J connectivity index is 3.44. The summed E-state index contributed by atoms with van der Waals surface area (Å²) in [6, 6.07) is 4.20. The molecule has 0 aliphatic rings. The Kier molecular flexibility index (Phi) is 3.55. The molecule has 16 heavy (non-hydrogen) atoms. The first kappa shape index (κ1) is 12.1. The second-order valence-electron chi connectivity index (χ2n) is 3.54. The van der Waals surface area contributed by atoms with Crippen molar-refractivity contribution in [3.63, 3.8) is 0 Å². The smallest absolute Gasteiger partial charge is 0.258 e. The maximum atomic E-state index is 10.9. The summed E-state index contributed by atoms with van der Waals surface area (Å²) in [5.41, 5.74) is -0.411. The monoisotopic (exact) mass is 224 g/mol. The van der Waals surface area contributed by atoms with Crippen molar-refractivity contribution in [3.05, 3.63) is 44.0 Å². The summed E-state index contributed by atoms with van der Waals surface area (Å²) >= 11 is 0. The van der Waals surface area contributed by atoms with Crippen LogP contribution < -0.4 is 0 Å². The number of nitro benzene ring substituents is 2. The lowest BCUT2D eigenvalue weighted by atomic mass is 9.96. The highest BCUT2D eigenvalue weighted by atomic mass is 16.6. The van der Waals surface area contributed by atoms with Crippen LogP contribution in [0.1, 0.15) is 31.7 Å². The van der Waals surface area contributed by atoms with Gasteiger partial charge in [-0.15, -0.1) is 0 Å². The molecule has 0 spiro atoms. The summed E-state index contributed by atoms with van der Waals surface area (Å²) in [6.07, 6.45) is 0.696. The molecule has 0 heterocycles. The zero-order valence-electron chi connectivity index (χ0n) is 9.04. The second kappa shape index (κ2) is 4.69. The third kappa shape index (κ3) is 2.16. The summed E-state index contributed by atoms with van der Waals surface area (Å²) in [4.78, 5) is 20.2. The fourth-order valence-electron chi connectivity index (χ4n) is 1.51. The molecule has 0 N–H and O–H groups in total. The van der Waals surface area contributed by atoms with E-state index < -0.39 is 15.5 Å². The van der Waals surface area contributed by atoms with Gasteiger partial charge in [-0.3, -0.25) is 20.2 Å². The molecular formula is C10H12N2O4. The Morgan fingerprint density at radius 3 is 2.31 bits per heavy atom. The van der Waals surface area contributed by atoms with Crippen molar-refractivity contribution < 1.29 is 9.85 Å². The molecule has 0 aliphatic carbocycles. The van der Waals surface area contributed by atoms with E-state index in [0.717, 1.165) is 6.07 Å². The highest BCUT2D eigenvalue weighted by Gasteiger charge is 2.29. The van der Waals surface area contributed by atoms with Crippen molar-refractivity contribution in [1.29, 1.82) is 0 Å². The minimum Gasteiger partial charge on any atom is -0.258 e. The molecular weight excluding hydrogens is 212 g/mol. The van der Waals surface area contributed by atoms with Crippen LogP contribution in [0.2, 0.25) is 0 Å². The molecule has 0 saturated heterocycles. The lowest BCUT2D eigenvalue weighted by Gasteiger charge is -2.08. The highest BCUT2D eigenvalue weighted by Crippen LogP contribution is 2.35. The number of hydrogen-bond donors (Lipinski definition) is 0. The number of hydrogen-bond acceptors (Lipinski definition) is 4. The SMILES string of the molecule is CCC(C)c1cccc([N+](=O)[O-])c1[N+](=O)[O-]. The summed E-state index contributed by atoms with van der Waals surface area (Å²) < 4.78 is 0. The molecule has 1 atom stereocenters. The van der Waals surface area contributed by atoms with E-state index in [1.807, 2.05) is 13.8 Å². The third-order valence-corrected chi connectivity index (χ3v) is 2.57. The predicted octanol–water partition coefficient (Wildman–Crippen LogP) is 3.02.